The Morgan fingerprint density at radius 1 is 1.11 bits per heavy atom. The van der Waals surface area contributed by atoms with Gasteiger partial charge in [0.2, 0.25) is 5.91 Å². The number of anilines is 1. The number of hydrogen-bond donors (Lipinski definition) is 1. The lowest BCUT2D eigenvalue weighted by Gasteiger charge is -2.34. The van der Waals surface area contributed by atoms with E-state index in [0.717, 1.165) is 42.0 Å². The van der Waals surface area contributed by atoms with E-state index in [-0.39, 0.29) is 10.3 Å². The van der Waals surface area contributed by atoms with Crippen molar-refractivity contribution >= 4 is 33.4 Å². The van der Waals surface area contributed by atoms with Crippen molar-refractivity contribution in [3.05, 3.63) is 59.4 Å². The van der Waals surface area contributed by atoms with Gasteiger partial charge in [0.25, 0.3) is 10.0 Å². The second kappa shape index (κ2) is 6.53. The summed E-state index contributed by atoms with van der Waals surface area (Å²) >= 11 is 1.85. The lowest BCUT2D eigenvalue weighted by atomic mass is 9.77. The average Bonchev–Trinajstić information content (AvgIpc) is 2.97. The van der Waals surface area contributed by atoms with Gasteiger partial charge in [-0.25, -0.2) is 12.8 Å². The van der Waals surface area contributed by atoms with Gasteiger partial charge >= 0.3 is 0 Å². The van der Waals surface area contributed by atoms with E-state index in [9.17, 15) is 17.6 Å². The van der Waals surface area contributed by atoms with Gasteiger partial charge in [-0.05, 0) is 72.4 Å². The van der Waals surface area contributed by atoms with Crippen molar-refractivity contribution in [1.29, 1.82) is 0 Å². The second-order valence-corrected chi connectivity index (χ2v) is 10.0. The van der Waals surface area contributed by atoms with Gasteiger partial charge in [0.1, 0.15) is 5.82 Å². The van der Waals surface area contributed by atoms with Crippen LogP contribution in [0.1, 0.15) is 28.8 Å². The van der Waals surface area contributed by atoms with Gasteiger partial charge in [-0.2, -0.15) is 11.8 Å². The molecule has 1 amide bonds. The SMILES string of the molecule is NC(=O)c1ccc2c(c1)C1(CCSCC1)CN2S(=O)(=O)c1ccc(F)cc1. The highest BCUT2D eigenvalue weighted by Gasteiger charge is 2.47. The standard InChI is InChI=1S/C19H19FN2O3S2/c20-14-2-4-15(5-3-14)27(24,25)22-12-19(7-9-26-10-8-19)16-11-13(18(21)23)1-6-17(16)22/h1-6,11H,7-10,12H2,(H2,21,23). The minimum atomic E-state index is -3.83. The quantitative estimate of drug-likeness (QED) is 0.850. The van der Waals surface area contributed by atoms with Crippen molar-refractivity contribution in [2.45, 2.75) is 23.2 Å². The van der Waals surface area contributed by atoms with Crippen molar-refractivity contribution in [1.82, 2.24) is 0 Å². The molecule has 4 rings (SSSR count). The van der Waals surface area contributed by atoms with Crippen LogP contribution in [0.15, 0.2) is 47.4 Å². The zero-order chi connectivity index (χ0) is 19.2. The molecule has 0 aromatic heterocycles. The predicted octanol–water partition coefficient (Wildman–Crippen LogP) is 2.90. The number of thioether (sulfide) groups is 1. The minimum absolute atomic E-state index is 0.0519. The number of carbonyl (C=O) groups is 1. The smallest absolute Gasteiger partial charge is 0.264 e. The first-order valence-corrected chi connectivity index (χ1v) is 11.2. The number of nitrogens with two attached hydrogens (primary N) is 1. The van der Waals surface area contributed by atoms with Crippen LogP contribution in [-0.2, 0) is 15.4 Å². The van der Waals surface area contributed by atoms with Gasteiger partial charge in [-0.3, -0.25) is 9.10 Å². The molecule has 2 aliphatic rings. The fourth-order valence-electron chi connectivity index (χ4n) is 3.91. The summed E-state index contributed by atoms with van der Waals surface area (Å²) in [6, 6.07) is 9.82. The zero-order valence-corrected chi connectivity index (χ0v) is 16.2. The van der Waals surface area contributed by atoms with E-state index in [0.29, 0.717) is 17.8 Å². The monoisotopic (exact) mass is 406 g/mol. The van der Waals surface area contributed by atoms with Crippen LogP contribution in [0.3, 0.4) is 0 Å². The van der Waals surface area contributed by atoms with Crippen LogP contribution in [0.4, 0.5) is 10.1 Å². The first kappa shape index (κ1) is 18.3. The fourth-order valence-corrected chi connectivity index (χ4v) is 6.76. The summed E-state index contributed by atoms with van der Waals surface area (Å²) < 4.78 is 41.2. The van der Waals surface area contributed by atoms with E-state index in [4.69, 9.17) is 5.73 Å². The van der Waals surface area contributed by atoms with Gasteiger partial charge in [-0.15, -0.1) is 0 Å². The lowest BCUT2D eigenvalue weighted by molar-refractivity contribution is 0.1000. The minimum Gasteiger partial charge on any atom is -0.366 e. The van der Waals surface area contributed by atoms with Crippen LogP contribution < -0.4 is 10.0 Å². The molecule has 0 aliphatic carbocycles. The number of sulfonamides is 1. The average molecular weight is 407 g/mol. The summed E-state index contributed by atoms with van der Waals surface area (Å²) in [5.41, 5.74) is 6.95. The Kier molecular flexibility index (Phi) is 4.43. The first-order valence-electron chi connectivity index (χ1n) is 8.64. The Morgan fingerprint density at radius 3 is 2.41 bits per heavy atom. The molecule has 1 spiro atoms. The highest BCUT2D eigenvalue weighted by atomic mass is 32.2. The summed E-state index contributed by atoms with van der Waals surface area (Å²) in [6.07, 6.45) is 1.67. The Balaban J connectivity index is 1.84. The van der Waals surface area contributed by atoms with Crippen LogP contribution in [0.5, 0.6) is 0 Å². The van der Waals surface area contributed by atoms with Crippen molar-refractivity contribution in [2.24, 2.45) is 5.73 Å². The molecular weight excluding hydrogens is 387 g/mol. The molecule has 0 radical (unpaired) electrons. The molecule has 1 saturated heterocycles. The summed E-state index contributed by atoms with van der Waals surface area (Å²) in [5, 5.41) is 0. The number of amides is 1. The highest BCUT2D eigenvalue weighted by Crippen LogP contribution is 2.50. The van der Waals surface area contributed by atoms with Gasteiger partial charge in [-0.1, -0.05) is 0 Å². The van der Waals surface area contributed by atoms with E-state index in [1.54, 1.807) is 18.2 Å². The maximum atomic E-state index is 13.3. The molecule has 0 saturated carbocycles. The third-order valence-corrected chi connectivity index (χ3v) is 8.18. The van der Waals surface area contributed by atoms with Crippen LogP contribution in [0, 0.1) is 5.82 Å². The molecule has 2 heterocycles. The summed E-state index contributed by atoms with van der Waals surface area (Å²) in [5.74, 6) is 0.857. The summed E-state index contributed by atoms with van der Waals surface area (Å²) in [6.45, 7) is 0.324. The van der Waals surface area contributed by atoms with Crippen molar-refractivity contribution in [3.63, 3.8) is 0 Å². The molecule has 27 heavy (non-hydrogen) atoms. The Hall–Kier alpha value is -2.06. The lowest BCUT2D eigenvalue weighted by Crippen LogP contribution is -2.39. The third kappa shape index (κ3) is 3.00. The van der Waals surface area contributed by atoms with E-state index >= 15 is 0 Å². The van der Waals surface area contributed by atoms with E-state index in [1.807, 2.05) is 11.8 Å². The summed E-state index contributed by atoms with van der Waals surface area (Å²) in [7, 11) is -3.83. The maximum absolute atomic E-state index is 13.3. The van der Waals surface area contributed by atoms with Crippen molar-refractivity contribution < 1.29 is 17.6 Å². The fraction of sp³-hybridized carbons (Fsp3) is 0.316. The largest absolute Gasteiger partial charge is 0.366 e. The predicted molar refractivity (Wildman–Crippen MR) is 104 cm³/mol. The van der Waals surface area contributed by atoms with Crippen LogP contribution >= 0.6 is 11.8 Å². The number of carbonyl (C=O) groups excluding carboxylic acids is 1. The van der Waals surface area contributed by atoms with Gasteiger partial charge in [0.15, 0.2) is 0 Å². The molecule has 5 nitrogen and oxygen atoms in total. The Labute approximate surface area is 161 Å². The molecule has 0 unspecified atom stereocenters. The molecule has 142 valence electrons. The van der Waals surface area contributed by atoms with Gasteiger partial charge < -0.3 is 5.73 Å². The molecule has 2 N–H and O–H groups in total. The topological polar surface area (TPSA) is 80.5 Å². The second-order valence-electron chi connectivity index (χ2n) is 6.95. The molecule has 8 heteroatoms. The molecule has 2 aliphatic heterocycles. The molecular formula is C19H19FN2O3S2. The molecule has 2 aromatic rings. The zero-order valence-electron chi connectivity index (χ0n) is 14.5. The number of fused-ring (bicyclic) bond motifs is 2. The molecule has 0 atom stereocenters. The van der Waals surface area contributed by atoms with Crippen molar-refractivity contribution in [3.8, 4) is 0 Å². The molecule has 0 bridgehead atoms. The maximum Gasteiger partial charge on any atom is 0.264 e. The number of halogens is 1. The third-order valence-electron chi connectivity index (χ3n) is 5.42. The Bertz CT molecular complexity index is 1000. The van der Waals surface area contributed by atoms with Gasteiger partial charge in [0.05, 0.1) is 10.6 Å². The Morgan fingerprint density at radius 2 is 1.78 bits per heavy atom. The van der Waals surface area contributed by atoms with E-state index in [1.165, 1.54) is 16.4 Å². The van der Waals surface area contributed by atoms with Gasteiger partial charge in [0, 0.05) is 17.5 Å². The number of nitrogens with zero attached hydrogens (tertiary/aromatic N) is 1. The number of rotatable bonds is 3. The van der Waals surface area contributed by atoms with Crippen LogP contribution in [-0.4, -0.2) is 32.4 Å². The van der Waals surface area contributed by atoms with E-state index in [2.05, 4.69) is 0 Å². The number of benzene rings is 2. The summed E-state index contributed by atoms with van der Waals surface area (Å²) in [4.78, 5) is 11.7. The van der Waals surface area contributed by atoms with Crippen LogP contribution in [0.2, 0.25) is 0 Å². The highest BCUT2D eigenvalue weighted by molar-refractivity contribution is 7.99. The molecule has 2 aromatic carbocycles. The van der Waals surface area contributed by atoms with Crippen molar-refractivity contribution in [2.75, 3.05) is 22.4 Å². The normalized spacial score (nSPS) is 18.5. The first-order chi connectivity index (χ1) is 12.8. The van der Waals surface area contributed by atoms with E-state index < -0.39 is 21.7 Å². The number of primary amides is 1. The van der Waals surface area contributed by atoms with Crippen LogP contribution in [0.25, 0.3) is 0 Å². The number of hydrogen-bond acceptors (Lipinski definition) is 4. The molecule has 1 fully saturated rings.